The molecule has 11 rings (SSSR count). The lowest BCUT2D eigenvalue weighted by atomic mass is 9.90. The third kappa shape index (κ3) is 4.50. The fourth-order valence-electron chi connectivity index (χ4n) is 8.60. The molecule has 0 N–H and O–H groups in total. The Morgan fingerprint density at radius 2 is 0.833 bits per heavy atom. The summed E-state index contributed by atoms with van der Waals surface area (Å²) in [6.07, 6.45) is 0. The molecule has 2 aromatic heterocycles. The van der Waals surface area contributed by atoms with Gasteiger partial charge in [0, 0.05) is 32.7 Å². The number of rotatable bonds is 3. The molecule has 0 bridgehead atoms. The fraction of sp³-hybridized carbons (Fsp3) is 0.0400. The summed E-state index contributed by atoms with van der Waals surface area (Å²) in [5, 5.41) is 11.4. The van der Waals surface area contributed by atoms with Gasteiger partial charge in [0.05, 0.1) is 44.8 Å². The van der Waals surface area contributed by atoms with Crippen molar-refractivity contribution < 1.29 is 0 Å². The Morgan fingerprint density at radius 3 is 1.63 bits per heavy atom. The van der Waals surface area contributed by atoms with Gasteiger partial charge in [-0.15, -0.1) is 0 Å². The van der Waals surface area contributed by atoms with Gasteiger partial charge in [-0.1, -0.05) is 152 Å². The summed E-state index contributed by atoms with van der Waals surface area (Å²) in [7, 11) is 0. The van der Waals surface area contributed by atoms with Crippen molar-refractivity contribution >= 4 is 75.9 Å². The van der Waals surface area contributed by atoms with Crippen LogP contribution in [-0.4, -0.2) is 19.9 Å². The lowest BCUT2D eigenvalue weighted by Crippen LogP contribution is -1.98. The zero-order valence-electron chi connectivity index (χ0n) is 29.8. The lowest BCUT2D eigenvalue weighted by Gasteiger charge is -2.17. The Morgan fingerprint density at radius 1 is 0.315 bits per heavy atom. The molecular weight excluding hydrogens is 657 g/mol. The first kappa shape index (κ1) is 30.6. The molecule has 0 aliphatic heterocycles. The largest absolute Gasteiger partial charge is 0.249 e. The monoisotopic (exact) mass is 688 g/mol. The van der Waals surface area contributed by atoms with Crippen LogP contribution in [0.3, 0.4) is 0 Å². The van der Waals surface area contributed by atoms with E-state index in [9.17, 15) is 0 Å². The second kappa shape index (κ2) is 11.7. The Hall–Kier alpha value is -7.04. The van der Waals surface area contributed by atoms with Crippen LogP contribution < -0.4 is 0 Å². The number of aryl methyl sites for hydroxylation is 2. The standard InChI is InChI=1S/C50H32N4/c1-29-45(32-15-4-3-5-16-32)53-49-43-28-33(26-27-38(43)36-19-8-10-21-41(36)47(49)51-29)35-23-13-24-39-37-20-9-11-22-42(37)48-50(44(35)39)52-30(2)46(54-48)40-25-12-17-31-14-6-7-18-34(31)40/h3-28H,1-2H3. The number of fused-ring (bicyclic) bond motifs is 13. The highest BCUT2D eigenvalue weighted by Crippen LogP contribution is 2.43. The van der Waals surface area contributed by atoms with Gasteiger partial charge < -0.3 is 0 Å². The van der Waals surface area contributed by atoms with Gasteiger partial charge in [0.1, 0.15) is 0 Å². The smallest absolute Gasteiger partial charge is 0.0981 e. The first-order chi connectivity index (χ1) is 26.6. The summed E-state index contributed by atoms with van der Waals surface area (Å²) in [5.41, 5.74) is 11.6. The van der Waals surface area contributed by atoms with E-state index in [0.29, 0.717) is 0 Å². The zero-order valence-corrected chi connectivity index (χ0v) is 29.8. The fourth-order valence-corrected chi connectivity index (χ4v) is 8.60. The Labute approximate surface area is 311 Å². The van der Waals surface area contributed by atoms with Crippen molar-refractivity contribution in [2.45, 2.75) is 13.8 Å². The van der Waals surface area contributed by atoms with Gasteiger partial charge in [-0.3, -0.25) is 0 Å². The molecular formula is C50H32N4. The minimum absolute atomic E-state index is 0.903. The van der Waals surface area contributed by atoms with Gasteiger partial charge in [-0.05, 0) is 63.4 Å². The molecule has 54 heavy (non-hydrogen) atoms. The van der Waals surface area contributed by atoms with Crippen LogP contribution in [0.1, 0.15) is 11.4 Å². The van der Waals surface area contributed by atoms with Crippen LogP contribution in [0.2, 0.25) is 0 Å². The SMILES string of the molecule is Cc1nc2c3ccccc3c3ccc(-c4cccc5c6ccccc6c6nc(-c7cccc8ccccc78)c(C)nc6c45)cc3c2nc1-c1ccccc1. The number of benzene rings is 9. The molecule has 2 heterocycles. The van der Waals surface area contributed by atoms with E-state index in [-0.39, 0.29) is 0 Å². The van der Waals surface area contributed by atoms with Gasteiger partial charge in [0.15, 0.2) is 0 Å². The average Bonchev–Trinajstić information content (AvgIpc) is 3.23. The van der Waals surface area contributed by atoms with E-state index in [4.69, 9.17) is 19.9 Å². The first-order valence-corrected chi connectivity index (χ1v) is 18.4. The quantitative estimate of drug-likeness (QED) is 0.173. The van der Waals surface area contributed by atoms with E-state index < -0.39 is 0 Å². The summed E-state index contributed by atoms with van der Waals surface area (Å²) in [5.74, 6) is 0. The van der Waals surface area contributed by atoms with E-state index >= 15 is 0 Å². The topological polar surface area (TPSA) is 51.6 Å². The molecule has 0 radical (unpaired) electrons. The number of hydrogen-bond donors (Lipinski definition) is 0. The molecule has 0 saturated heterocycles. The summed E-state index contributed by atoms with van der Waals surface area (Å²) in [6, 6.07) is 55.9. The maximum Gasteiger partial charge on any atom is 0.0981 e. The molecule has 0 aliphatic carbocycles. The van der Waals surface area contributed by atoms with Crippen molar-refractivity contribution in [3.8, 4) is 33.6 Å². The Bertz CT molecular complexity index is 3340. The van der Waals surface area contributed by atoms with Crippen molar-refractivity contribution in [3.05, 3.63) is 169 Å². The maximum absolute atomic E-state index is 5.50. The molecule has 4 nitrogen and oxygen atoms in total. The third-order valence-corrected chi connectivity index (χ3v) is 11.1. The van der Waals surface area contributed by atoms with Crippen molar-refractivity contribution in [2.75, 3.05) is 0 Å². The van der Waals surface area contributed by atoms with Crippen LogP contribution in [0.4, 0.5) is 0 Å². The van der Waals surface area contributed by atoms with Crippen LogP contribution in [0.25, 0.3) is 110 Å². The van der Waals surface area contributed by atoms with Gasteiger partial charge in [-0.2, -0.15) is 0 Å². The van der Waals surface area contributed by atoms with E-state index in [1.54, 1.807) is 0 Å². The Kier molecular flexibility index (Phi) is 6.65. The summed E-state index contributed by atoms with van der Waals surface area (Å²) < 4.78 is 0. The normalized spacial score (nSPS) is 11.9. The van der Waals surface area contributed by atoms with E-state index in [2.05, 4.69) is 166 Å². The molecule has 252 valence electrons. The van der Waals surface area contributed by atoms with Gasteiger partial charge in [-0.25, -0.2) is 19.9 Å². The van der Waals surface area contributed by atoms with E-state index in [1.807, 2.05) is 6.07 Å². The molecule has 0 amide bonds. The molecule has 0 fully saturated rings. The Balaban J connectivity index is 1.23. The van der Waals surface area contributed by atoms with Crippen molar-refractivity contribution in [3.63, 3.8) is 0 Å². The first-order valence-electron chi connectivity index (χ1n) is 18.4. The molecule has 4 heteroatoms. The van der Waals surface area contributed by atoms with Crippen molar-refractivity contribution in [1.82, 2.24) is 19.9 Å². The van der Waals surface area contributed by atoms with Crippen LogP contribution in [-0.2, 0) is 0 Å². The molecule has 0 aliphatic rings. The van der Waals surface area contributed by atoms with Crippen LogP contribution in [0, 0.1) is 13.8 Å². The predicted molar refractivity (Wildman–Crippen MR) is 226 cm³/mol. The highest BCUT2D eigenvalue weighted by Gasteiger charge is 2.20. The van der Waals surface area contributed by atoms with Gasteiger partial charge in [0.25, 0.3) is 0 Å². The molecule has 0 atom stereocenters. The van der Waals surface area contributed by atoms with Crippen molar-refractivity contribution in [1.29, 1.82) is 0 Å². The number of nitrogens with zero attached hydrogens (tertiary/aromatic N) is 4. The predicted octanol–water partition coefficient (Wildman–Crippen LogP) is 13.0. The second-order valence-corrected chi connectivity index (χ2v) is 14.2. The second-order valence-electron chi connectivity index (χ2n) is 14.2. The zero-order chi connectivity index (χ0) is 35.9. The minimum atomic E-state index is 0.903. The highest BCUT2D eigenvalue weighted by molar-refractivity contribution is 6.28. The molecule has 0 spiro atoms. The van der Waals surface area contributed by atoms with Crippen molar-refractivity contribution in [2.24, 2.45) is 0 Å². The van der Waals surface area contributed by atoms with Crippen LogP contribution in [0.15, 0.2) is 158 Å². The summed E-state index contributed by atoms with van der Waals surface area (Å²) in [4.78, 5) is 21.6. The molecule has 11 aromatic rings. The molecule has 0 unspecified atom stereocenters. The van der Waals surface area contributed by atoms with Crippen LogP contribution in [0.5, 0.6) is 0 Å². The summed E-state index contributed by atoms with van der Waals surface area (Å²) >= 11 is 0. The summed E-state index contributed by atoms with van der Waals surface area (Å²) in [6.45, 7) is 4.15. The van der Waals surface area contributed by atoms with E-state index in [0.717, 1.165) is 105 Å². The van der Waals surface area contributed by atoms with E-state index in [1.165, 1.54) is 16.2 Å². The maximum atomic E-state index is 5.50. The number of hydrogen-bond acceptors (Lipinski definition) is 4. The van der Waals surface area contributed by atoms with Gasteiger partial charge >= 0.3 is 0 Å². The highest BCUT2D eigenvalue weighted by atomic mass is 14.8. The molecule has 9 aromatic carbocycles. The average molecular weight is 689 g/mol. The van der Waals surface area contributed by atoms with Gasteiger partial charge in [0.2, 0.25) is 0 Å². The minimum Gasteiger partial charge on any atom is -0.249 e. The third-order valence-electron chi connectivity index (χ3n) is 11.1. The van der Waals surface area contributed by atoms with Crippen LogP contribution >= 0.6 is 0 Å². The lowest BCUT2D eigenvalue weighted by molar-refractivity contribution is 1.20. The molecule has 0 saturated carbocycles. The number of aromatic nitrogens is 4.